The molecule has 200 valence electrons. The van der Waals surface area contributed by atoms with E-state index in [4.69, 9.17) is 5.73 Å². The lowest BCUT2D eigenvalue weighted by molar-refractivity contribution is 1.18. The van der Waals surface area contributed by atoms with Crippen LogP contribution in [0.1, 0.15) is 5.56 Å². The quantitative estimate of drug-likeness (QED) is 0.176. The van der Waals surface area contributed by atoms with Crippen LogP contribution in [0.25, 0.3) is 66.1 Å². The highest BCUT2D eigenvalue weighted by Crippen LogP contribution is 2.38. The Labute approximate surface area is 243 Å². The minimum atomic E-state index is 0.539. The van der Waals surface area contributed by atoms with Gasteiger partial charge in [-0.05, 0) is 83.9 Å². The molecule has 4 heteroatoms. The monoisotopic (exact) mass is 540 g/mol. The Morgan fingerprint density at radius 3 is 1.45 bits per heavy atom. The molecule has 0 saturated heterocycles. The van der Waals surface area contributed by atoms with E-state index in [1.54, 1.807) is 7.05 Å². The summed E-state index contributed by atoms with van der Waals surface area (Å²) in [6.45, 7) is 0. The van der Waals surface area contributed by atoms with Gasteiger partial charge in [0.25, 0.3) is 0 Å². The number of rotatable bonds is 4. The summed E-state index contributed by atoms with van der Waals surface area (Å²) in [5.41, 5.74) is 16.4. The molecule has 2 aromatic heterocycles. The van der Waals surface area contributed by atoms with Gasteiger partial charge in [-0.15, -0.1) is 0 Å². The molecule has 0 aliphatic rings. The summed E-state index contributed by atoms with van der Waals surface area (Å²) in [5.74, 6) is 0.539. The van der Waals surface area contributed by atoms with E-state index in [-0.39, 0.29) is 0 Å². The topological polar surface area (TPSA) is 48.2 Å². The molecule has 2 heterocycles. The van der Waals surface area contributed by atoms with Gasteiger partial charge in [0.2, 0.25) is 0 Å². The summed E-state index contributed by atoms with van der Waals surface area (Å²) in [7, 11) is 1.72. The molecule has 0 radical (unpaired) electrons. The van der Waals surface area contributed by atoms with E-state index < -0.39 is 0 Å². The number of fused-ring (bicyclic) bond motifs is 6. The van der Waals surface area contributed by atoms with E-state index in [2.05, 4.69) is 142 Å². The van der Waals surface area contributed by atoms with Crippen LogP contribution in [0.2, 0.25) is 0 Å². The van der Waals surface area contributed by atoms with Crippen molar-refractivity contribution in [2.24, 2.45) is 10.7 Å². The average Bonchev–Trinajstić information content (AvgIpc) is 3.57. The number of nitrogens with zero attached hydrogens (tertiary/aromatic N) is 3. The molecule has 0 spiro atoms. The van der Waals surface area contributed by atoms with Crippen LogP contribution >= 0.6 is 0 Å². The first kappa shape index (κ1) is 24.2. The third-order valence-corrected chi connectivity index (χ3v) is 8.36. The van der Waals surface area contributed by atoms with E-state index in [9.17, 15) is 0 Å². The lowest BCUT2D eigenvalue weighted by Crippen LogP contribution is -2.12. The maximum atomic E-state index is 6.05. The number of benzene rings is 6. The Hall–Kier alpha value is -5.61. The van der Waals surface area contributed by atoms with E-state index in [0.717, 1.165) is 11.3 Å². The van der Waals surface area contributed by atoms with Gasteiger partial charge in [-0.3, -0.25) is 4.99 Å². The zero-order valence-electron chi connectivity index (χ0n) is 23.2. The van der Waals surface area contributed by atoms with Gasteiger partial charge in [0, 0.05) is 45.5 Å². The number of aliphatic imine (C=N–C) groups is 1. The van der Waals surface area contributed by atoms with Crippen molar-refractivity contribution in [1.82, 2.24) is 9.13 Å². The van der Waals surface area contributed by atoms with Crippen LogP contribution in [-0.4, -0.2) is 22.0 Å². The smallest absolute Gasteiger partial charge is 0.125 e. The number of hydrogen-bond acceptors (Lipinski definition) is 1. The van der Waals surface area contributed by atoms with Crippen molar-refractivity contribution in [3.05, 3.63) is 145 Å². The third kappa shape index (κ3) is 3.66. The van der Waals surface area contributed by atoms with E-state index >= 15 is 0 Å². The molecule has 0 aliphatic heterocycles. The largest absolute Gasteiger partial charge is 0.384 e. The van der Waals surface area contributed by atoms with Crippen molar-refractivity contribution >= 4 is 49.4 Å². The van der Waals surface area contributed by atoms with Crippen LogP contribution in [0.4, 0.5) is 0 Å². The second kappa shape index (κ2) is 9.50. The van der Waals surface area contributed by atoms with Crippen molar-refractivity contribution < 1.29 is 0 Å². The molecule has 4 nitrogen and oxygen atoms in total. The number of nitrogens with two attached hydrogens (primary N) is 1. The first-order valence-electron chi connectivity index (χ1n) is 14.2. The zero-order valence-corrected chi connectivity index (χ0v) is 23.2. The van der Waals surface area contributed by atoms with Gasteiger partial charge in [-0.25, -0.2) is 0 Å². The fourth-order valence-corrected chi connectivity index (χ4v) is 6.35. The third-order valence-electron chi connectivity index (χ3n) is 8.36. The molecule has 8 rings (SSSR count). The molecule has 0 unspecified atom stereocenters. The highest BCUT2D eigenvalue weighted by atomic mass is 15.0. The van der Waals surface area contributed by atoms with Crippen LogP contribution in [-0.2, 0) is 0 Å². The van der Waals surface area contributed by atoms with Crippen molar-refractivity contribution in [1.29, 1.82) is 0 Å². The number of hydrogen-bond donors (Lipinski definition) is 1. The van der Waals surface area contributed by atoms with Gasteiger partial charge >= 0.3 is 0 Å². The molecule has 2 N–H and O–H groups in total. The van der Waals surface area contributed by atoms with Crippen molar-refractivity contribution in [2.75, 3.05) is 7.05 Å². The predicted octanol–water partition coefficient (Wildman–Crippen LogP) is 8.88. The van der Waals surface area contributed by atoms with Gasteiger partial charge in [-0.1, -0.05) is 66.7 Å². The van der Waals surface area contributed by atoms with Gasteiger partial charge < -0.3 is 14.9 Å². The molecule has 0 aliphatic carbocycles. The predicted molar refractivity (Wildman–Crippen MR) is 177 cm³/mol. The number of aromatic nitrogens is 2. The van der Waals surface area contributed by atoms with Gasteiger partial charge in [0.05, 0.1) is 22.1 Å². The minimum Gasteiger partial charge on any atom is -0.384 e. The molecule has 0 fully saturated rings. The average molecular weight is 541 g/mol. The molecule has 0 saturated carbocycles. The Kier molecular flexibility index (Phi) is 5.47. The van der Waals surface area contributed by atoms with Crippen LogP contribution < -0.4 is 5.73 Å². The summed E-state index contributed by atoms with van der Waals surface area (Å²) >= 11 is 0. The molecular weight excluding hydrogens is 512 g/mol. The van der Waals surface area contributed by atoms with Crippen LogP contribution in [0.3, 0.4) is 0 Å². The van der Waals surface area contributed by atoms with Crippen molar-refractivity contribution in [3.63, 3.8) is 0 Å². The van der Waals surface area contributed by atoms with Gasteiger partial charge in [0.15, 0.2) is 0 Å². The van der Waals surface area contributed by atoms with Crippen molar-refractivity contribution in [2.45, 2.75) is 0 Å². The van der Waals surface area contributed by atoms with Crippen LogP contribution in [0.15, 0.2) is 145 Å². The summed E-state index contributed by atoms with van der Waals surface area (Å²) in [5, 5.41) is 4.97. The van der Waals surface area contributed by atoms with E-state index in [1.807, 2.05) is 12.1 Å². The summed E-state index contributed by atoms with van der Waals surface area (Å²) < 4.78 is 4.69. The molecule has 8 aromatic rings. The highest BCUT2D eigenvalue weighted by Gasteiger charge is 2.16. The van der Waals surface area contributed by atoms with Crippen LogP contribution in [0, 0.1) is 0 Å². The molecule has 6 aromatic carbocycles. The summed E-state index contributed by atoms with van der Waals surface area (Å²) in [6.07, 6.45) is 0. The maximum absolute atomic E-state index is 6.05. The molecule has 0 amide bonds. The van der Waals surface area contributed by atoms with Gasteiger partial charge in [0.1, 0.15) is 5.84 Å². The molecule has 0 atom stereocenters. The standard InChI is InChI=1S/C38H28N4/c1-40-38(39)25-15-19-29(20-16-25)42-35-14-8-6-12-31(35)33-24-27(18-22-37(33)42)26-17-21-36-32(23-26)30-11-5-7-13-34(30)41(36)28-9-3-2-4-10-28/h2-24H,1H3,(H2,39,40). The Morgan fingerprint density at radius 2 is 0.929 bits per heavy atom. The second-order valence-corrected chi connectivity index (χ2v) is 10.7. The first-order valence-corrected chi connectivity index (χ1v) is 14.2. The molecule has 0 bridgehead atoms. The lowest BCUT2D eigenvalue weighted by Gasteiger charge is -2.10. The maximum Gasteiger partial charge on any atom is 0.125 e. The van der Waals surface area contributed by atoms with E-state index in [1.165, 1.54) is 60.4 Å². The fourth-order valence-electron chi connectivity index (χ4n) is 6.35. The molecular formula is C38H28N4. The van der Waals surface area contributed by atoms with Crippen LogP contribution in [0.5, 0.6) is 0 Å². The Morgan fingerprint density at radius 1 is 0.476 bits per heavy atom. The van der Waals surface area contributed by atoms with E-state index in [0.29, 0.717) is 5.84 Å². The molecule has 42 heavy (non-hydrogen) atoms. The SMILES string of the molecule is CN=C(N)c1ccc(-n2c3ccccc3c3cc(-c4ccc5c(c4)c4ccccc4n5-c4ccccc4)ccc32)cc1. The minimum absolute atomic E-state index is 0.539. The zero-order chi connectivity index (χ0) is 28.2. The highest BCUT2D eigenvalue weighted by molar-refractivity contribution is 6.12. The van der Waals surface area contributed by atoms with Crippen molar-refractivity contribution in [3.8, 4) is 22.5 Å². The normalized spacial score (nSPS) is 12.2. The number of amidine groups is 1. The summed E-state index contributed by atoms with van der Waals surface area (Å²) in [6, 6.07) is 49.9. The fraction of sp³-hybridized carbons (Fsp3) is 0.0263. The Balaban J connectivity index is 1.31. The lowest BCUT2D eigenvalue weighted by atomic mass is 10.0. The second-order valence-electron chi connectivity index (χ2n) is 10.7. The van der Waals surface area contributed by atoms with Gasteiger partial charge in [-0.2, -0.15) is 0 Å². The first-order chi connectivity index (χ1) is 20.7. The summed E-state index contributed by atoms with van der Waals surface area (Å²) in [4.78, 5) is 4.13. The Bertz CT molecular complexity index is 2300. The number of para-hydroxylation sites is 3.